The van der Waals surface area contributed by atoms with E-state index in [2.05, 4.69) is 6.58 Å². The maximum absolute atomic E-state index is 10.5. The zero-order valence-electron chi connectivity index (χ0n) is 8.09. The average molecular weight is 208 g/mol. The highest BCUT2D eigenvalue weighted by Gasteiger charge is 2.15. The summed E-state index contributed by atoms with van der Waals surface area (Å²) in [5, 5.41) is 17.9. The summed E-state index contributed by atoms with van der Waals surface area (Å²) in [6, 6.07) is 6.32. The molecule has 4 heteroatoms. The van der Waals surface area contributed by atoms with Gasteiger partial charge in [-0.05, 0) is 17.7 Å². The molecule has 2 N–H and O–H groups in total. The summed E-state index contributed by atoms with van der Waals surface area (Å²) in [4.78, 5) is 10.5. The van der Waals surface area contributed by atoms with Gasteiger partial charge < -0.3 is 14.9 Å². The first-order chi connectivity index (χ1) is 7.15. The SMILES string of the molecule is C=CCOc1cccc([C@@H](O)C(=O)O)c1. The summed E-state index contributed by atoms with van der Waals surface area (Å²) in [6.07, 6.45) is 0.0672. The van der Waals surface area contributed by atoms with Crippen molar-refractivity contribution in [1.29, 1.82) is 0 Å². The quantitative estimate of drug-likeness (QED) is 0.717. The van der Waals surface area contributed by atoms with Gasteiger partial charge >= 0.3 is 5.97 Å². The average Bonchev–Trinajstić information content (AvgIpc) is 2.25. The van der Waals surface area contributed by atoms with Gasteiger partial charge in [-0.1, -0.05) is 24.8 Å². The highest BCUT2D eigenvalue weighted by atomic mass is 16.5. The fourth-order valence-electron chi connectivity index (χ4n) is 1.07. The number of ether oxygens (including phenoxy) is 1. The standard InChI is InChI=1S/C11H12O4/c1-2-6-15-9-5-3-4-8(7-9)10(12)11(13)14/h2-5,7,10,12H,1,6H2,(H,13,14)/t10-/m1/s1. The van der Waals surface area contributed by atoms with Crippen molar-refractivity contribution in [2.75, 3.05) is 6.61 Å². The first-order valence-electron chi connectivity index (χ1n) is 4.39. The van der Waals surface area contributed by atoms with Gasteiger partial charge in [-0.25, -0.2) is 4.79 Å². The zero-order valence-corrected chi connectivity index (χ0v) is 8.09. The Morgan fingerprint density at radius 1 is 1.60 bits per heavy atom. The van der Waals surface area contributed by atoms with Crippen LogP contribution in [-0.4, -0.2) is 22.8 Å². The van der Waals surface area contributed by atoms with Crippen LogP contribution >= 0.6 is 0 Å². The summed E-state index contributed by atoms with van der Waals surface area (Å²) in [5.41, 5.74) is 0.295. The van der Waals surface area contributed by atoms with Crippen LogP contribution in [0, 0.1) is 0 Å². The number of rotatable bonds is 5. The molecule has 0 heterocycles. The van der Waals surface area contributed by atoms with E-state index in [9.17, 15) is 9.90 Å². The van der Waals surface area contributed by atoms with Crippen LogP contribution in [0.1, 0.15) is 11.7 Å². The molecule has 0 spiro atoms. The Balaban J connectivity index is 2.82. The predicted octanol–water partition coefficient (Wildman–Crippen LogP) is 1.37. The van der Waals surface area contributed by atoms with Gasteiger partial charge in [0.05, 0.1) is 0 Å². The minimum absolute atomic E-state index is 0.295. The molecule has 15 heavy (non-hydrogen) atoms. The third-order valence-corrected chi connectivity index (χ3v) is 1.78. The number of carboxylic acids is 1. The van der Waals surface area contributed by atoms with Gasteiger partial charge in [-0.15, -0.1) is 0 Å². The molecule has 0 amide bonds. The lowest BCUT2D eigenvalue weighted by molar-refractivity contribution is -0.146. The summed E-state index contributed by atoms with van der Waals surface area (Å²) >= 11 is 0. The lowest BCUT2D eigenvalue weighted by atomic mass is 10.1. The van der Waals surface area contributed by atoms with Crippen molar-refractivity contribution < 1.29 is 19.7 Å². The number of hydrogen-bond acceptors (Lipinski definition) is 3. The number of carbonyl (C=O) groups is 1. The smallest absolute Gasteiger partial charge is 0.337 e. The fourth-order valence-corrected chi connectivity index (χ4v) is 1.07. The topological polar surface area (TPSA) is 66.8 Å². The Kier molecular flexibility index (Phi) is 3.88. The fraction of sp³-hybridized carbons (Fsp3) is 0.182. The van der Waals surface area contributed by atoms with Crippen LogP contribution in [0.2, 0.25) is 0 Å². The number of benzene rings is 1. The summed E-state index contributed by atoms with van der Waals surface area (Å²) < 4.78 is 5.20. The Bertz CT molecular complexity index is 359. The molecule has 1 rings (SSSR count). The molecule has 0 aliphatic heterocycles. The van der Waals surface area contributed by atoms with Crippen molar-refractivity contribution in [3.8, 4) is 5.75 Å². The van der Waals surface area contributed by atoms with Gasteiger partial charge in [0.2, 0.25) is 0 Å². The van der Waals surface area contributed by atoms with Gasteiger partial charge in [0.15, 0.2) is 6.10 Å². The van der Waals surface area contributed by atoms with Gasteiger partial charge in [0.1, 0.15) is 12.4 Å². The van der Waals surface area contributed by atoms with Crippen molar-refractivity contribution >= 4 is 5.97 Å². The molecule has 0 aromatic heterocycles. The van der Waals surface area contributed by atoms with E-state index in [1.807, 2.05) is 0 Å². The third-order valence-electron chi connectivity index (χ3n) is 1.78. The largest absolute Gasteiger partial charge is 0.490 e. The van der Waals surface area contributed by atoms with E-state index in [1.165, 1.54) is 12.1 Å². The van der Waals surface area contributed by atoms with Crippen LogP contribution in [0.5, 0.6) is 5.75 Å². The molecule has 1 aromatic carbocycles. The number of aliphatic carboxylic acids is 1. The number of hydrogen-bond donors (Lipinski definition) is 2. The van der Waals surface area contributed by atoms with Gasteiger partial charge in [0.25, 0.3) is 0 Å². The summed E-state index contributed by atoms with van der Waals surface area (Å²) in [5.74, 6) is -0.774. The summed E-state index contributed by atoms with van der Waals surface area (Å²) in [6.45, 7) is 3.83. The number of carboxylic acid groups (broad SMARTS) is 1. The number of aliphatic hydroxyl groups is 1. The van der Waals surface area contributed by atoms with Gasteiger partial charge in [-0.2, -0.15) is 0 Å². The minimum Gasteiger partial charge on any atom is -0.490 e. The molecular weight excluding hydrogens is 196 g/mol. The molecular formula is C11H12O4. The first-order valence-corrected chi connectivity index (χ1v) is 4.39. The molecule has 0 unspecified atom stereocenters. The molecule has 0 saturated carbocycles. The van der Waals surface area contributed by atoms with Crippen LogP contribution in [0.3, 0.4) is 0 Å². The normalized spacial score (nSPS) is 11.8. The molecule has 80 valence electrons. The van der Waals surface area contributed by atoms with Gasteiger partial charge in [0, 0.05) is 0 Å². The van der Waals surface area contributed by atoms with Crippen LogP contribution in [-0.2, 0) is 4.79 Å². The maximum atomic E-state index is 10.5. The van der Waals surface area contributed by atoms with E-state index in [1.54, 1.807) is 18.2 Å². The Hall–Kier alpha value is -1.81. The van der Waals surface area contributed by atoms with Gasteiger partial charge in [-0.3, -0.25) is 0 Å². The van der Waals surface area contributed by atoms with E-state index in [0.717, 1.165) is 0 Å². The highest BCUT2D eigenvalue weighted by Crippen LogP contribution is 2.19. The Morgan fingerprint density at radius 2 is 2.33 bits per heavy atom. The minimum atomic E-state index is -1.52. The van der Waals surface area contributed by atoms with Crippen molar-refractivity contribution in [3.05, 3.63) is 42.5 Å². The van der Waals surface area contributed by atoms with E-state index in [0.29, 0.717) is 17.9 Å². The lowest BCUT2D eigenvalue weighted by Crippen LogP contribution is -2.10. The van der Waals surface area contributed by atoms with Crippen molar-refractivity contribution in [2.24, 2.45) is 0 Å². The van der Waals surface area contributed by atoms with Crippen LogP contribution in [0.4, 0.5) is 0 Å². The molecule has 1 aromatic rings. The molecule has 0 aliphatic rings. The Labute approximate surface area is 87.4 Å². The Morgan fingerprint density at radius 3 is 2.93 bits per heavy atom. The maximum Gasteiger partial charge on any atom is 0.337 e. The highest BCUT2D eigenvalue weighted by molar-refractivity contribution is 5.74. The molecule has 0 bridgehead atoms. The van der Waals surface area contributed by atoms with E-state index in [-0.39, 0.29) is 0 Å². The second kappa shape index (κ2) is 5.17. The molecule has 0 aliphatic carbocycles. The van der Waals surface area contributed by atoms with E-state index in [4.69, 9.17) is 9.84 Å². The molecule has 4 nitrogen and oxygen atoms in total. The monoisotopic (exact) mass is 208 g/mol. The van der Waals surface area contributed by atoms with Crippen LogP contribution < -0.4 is 4.74 Å². The molecule has 0 saturated heterocycles. The van der Waals surface area contributed by atoms with Crippen molar-refractivity contribution in [1.82, 2.24) is 0 Å². The predicted molar refractivity (Wildman–Crippen MR) is 54.7 cm³/mol. The van der Waals surface area contributed by atoms with Crippen molar-refractivity contribution in [2.45, 2.75) is 6.10 Å². The van der Waals surface area contributed by atoms with Crippen LogP contribution in [0.25, 0.3) is 0 Å². The lowest BCUT2D eigenvalue weighted by Gasteiger charge is -2.08. The molecule has 1 atom stereocenters. The summed E-state index contributed by atoms with van der Waals surface area (Å²) in [7, 11) is 0. The first kappa shape index (κ1) is 11.3. The second-order valence-electron chi connectivity index (χ2n) is 2.91. The van der Waals surface area contributed by atoms with E-state index < -0.39 is 12.1 Å². The zero-order chi connectivity index (χ0) is 11.3. The van der Waals surface area contributed by atoms with E-state index >= 15 is 0 Å². The second-order valence-corrected chi connectivity index (χ2v) is 2.91. The number of aliphatic hydroxyl groups excluding tert-OH is 1. The molecule has 0 radical (unpaired) electrons. The van der Waals surface area contributed by atoms with Crippen molar-refractivity contribution in [3.63, 3.8) is 0 Å². The third kappa shape index (κ3) is 3.11. The molecule has 0 fully saturated rings. The van der Waals surface area contributed by atoms with Crippen LogP contribution in [0.15, 0.2) is 36.9 Å².